The monoisotopic (exact) mass is 881 g/mol. The van der Waals surface area contributed by atoms with Crippen LogP contribution in [0.15, 0.2) is 60.8 Å². The number of hydrogen-bond donors (Lipinski definition) is 0. The standard InChI is InChI=1S/C57H100O6/c1-4-7-10-13-16-19-22-24-26-28-30-31-33-35-38-41-44-47-50-56(59)62-53-54(52-61-55(58)49-46-43-40-37-21-18-15-12-9-6-3)63-57(60)51-48-45-42-39-36-34-32-29-27-25-23-20-17-14-11-8-5-2/h8,11,17,19-20,22,25-28,54H,4-7,9-10,12-16,18,21,23-24,29-53H2,1-3H3/b11-8-,20-17-,22-19-,27-25-,28-26-. The second-order valence-corrected chi connectivity index (χ2v) is 17.8. The van der Waals surface area contributed by atoms with Crippen molar-refractivity contribution >= 4 is 17.9 Å². The van der Waals surface area contributed by atoms with Gasteiger partial charge in [0.15, 0.2) is 6.10 Å². The van der Waals surface area contributed by atoms with Crippen LogP contribution in [0.2, 0.25) is 0 Å². The van der Waals surface area contributed by atoms with Crippen LogP contribution in [0.3, 0.4) is 0 Å². The highest BCUT2D eigenvalue weighted by Crippen LogP contribution is 2.15. The van der Waals surface area contributed by atoms with Crippen molar-refractivity contribution in [1.29, 1.82) is 0 Å². The van der Waals surface area contributed by atoms with Gasteiger partial charge in [-0.3, -0.25) is 14.4 Å². The topological polar surface area (TPSA) is 78.9 Å². The molecule has 6 nitrogen and oxygen atoms in total. The van der Waals surface area contributed by atoms with Gasteiger partial charge in [0.2, 0.25) is 0 Å². The van der Waals surface area contributed by atoms with Gasteiger partial charge in [-0.15, -0.1) is 0 Å². The number of esters is 3. The molecule has 364 valence electrons. The molecule has 0 aliphatic rings. The molecule has 0 saturated carbocycles. The summed E-state index contributed by atoms with van der Waals surface area (Å²) in [4.78, 5) is 38.0. The van der Waals surface area contributed by atoms with Gasteiger partial charge in [0.25, 0.3) is 0 Å². The zero-order chi connectivity index (χ0) is 45.8. The average molecular weight is 881 g/mol. The van der Waals surface area contributed by atoms with Crippen molar-refractivity contribution in [2.24, 2.45) is 0 Å². The Balaban J connectivity index is 4.35. The van der Waals surface area contributed by atoms with Crippen LogP contribution in [0.1, 0.15) is 265 Å². The van der Waals surface area contributed by atoms with Crippen molar-refractivity contribution in [3.05, 3.63) is 60.8 Å². The van der Waals surface area contributed by atoms with Crippen LogP contribution >= 0.6 is 0 Å². The third-order valence-corrected chi connectivity index (χ3v) is 11.5. The van der Waals surface area contributed by atoms with Gasteiger partial charge in [0, 0.05) is 19.3 Å². The molecule has 0 aromatic heterocycles. The molecular weight excluding hydrogens is 781 g/mol. The lowest BCUT2D eigenvalue weighted by Gasteiger charge is -2.18. The number of unbranched alkanes of at least 4 members (excludes halogenated alkanes) is 27. The van der Waals surface area contributed by atoms with E-state index in [1.165, 1.54) is 128 Å². The Kier molecular flexibility index (Phi) is 49.4. The van der Waals surface area contributed by atoms with Crippen molar-refractivity contribution in [1.82, 2.24) is 0 Å². The van der Waals surface area contributed by atoms with Crippen molar-refractivity contribution < 1.29 is 28.6 Å². The molecule has 0 bridgehead atoms. The maximum atomic E-state index is 12.8. The zero-order valence-electron chi connectivity index (χ0n) is 41.6. The molecule has 0 radical (unpaired) electrons. The van der Waals surface area contributed by atoms with Gasteiger partial charge in [0.1, 0.15) is 13.2 Å². The van der Waals surface area contributed by atoms with E-state index in [9.17, 15) is 14.4 Å². The molecule has 0 aromatic carbocycles. The maximum Gasteiger partial charge on any atom is 0.306 e. The van der Waals surface area contributed by atoms with Crippen LogP contribution in [-0.2, 0) is 28.6 Å². The van der Waals surface area contributed by atoms with E-state index in [1.807, 2.05) is 0 Å². The summed E-state index contributed by atoms with van der Waals surface area (Å²) in [5, 5.41) is 0. The predicted octanol–water partition coefficient (Wildman–Crippen LogP) is 17.6. The van der Waals surface area contributed by atoms with E-state index >= 15 is 0 Å². The first-order chi connectivity index (χ1) is 31.0. The summed E-state index contributed by atoms with van der Waals surface area (Å²) in [6.45, 7) is 6.50. The normalized spacial score (nSPS) is 12.5. The molecule has 0 fully saturated rings. The summed E-state index contributed by atoms with van der Waals surface area (Å²) in [6, 6.07) is 0. The van der Waals surface area contributed by atoms with E-state index in [0.717, 1.165) is 96.3 Å². The highest BCUT2D eigenvalue weighted by atomic mass is 16.6. The minimum Gasteiger partial charge on any atom is -0.462 e. The van der Waals surface area contributed by atoms with Gasteiger partial charge < -0.3 is 14.2 Å². The van der Waals surface area contributed by atoms with Crippen LogP contribution in [-0.4, -0.2) is 37.2 Å². The van der Waals surface area contributed by atoms with Crippen LogP contribution in [0.25, 0.3) is 0 Å². The predicted molar refractivity (Wildman–Crippen MR) is 270 cm³/mol. The number of hydrogen-bond acceptors (Lipinski definition) is 6. The van der Waals surface area contributed by atoms with E-state index in [1.54, 1.807) is 0 Å². The first-order valence-electron chi connectivity index (χ1n) is 26.8. The Bertz CT molecular complexity index is 1150. The number of rotatable bonds is 48. The second-order valence-electron chi connectivity index (χ2n) is 17.8. The summed E-state index contributed by atoms with van der Waals surface area (Å²) < 4.78 is 16.8. The largest absolute Gasteiger partial charge is 0.462 e. The van der Waals surface area contributed by atoms with Crippen molar-refractivity contribution in [2.45, 2.75) is 271 Å². The lowest BCUT2D eigenvalue weighted by molar-refractivity contribution is -0.167. The molecule has 0 rings (SSSR count). The molecule has 1 unspecified atom stereocenters. The van der Waals surface area contributed by atoms with E-state index in [4.69, 9.17) is 14.2 Å². The van der Waals surface area contributed by atoms with E-state index in [0.29, 0.717) is 19.3 Å². The molecule has 0 aliphatic carbocycles. The summed E-state index contributed by atoms with van der Waals surface area (Å²) in [5.74, 6) is -0.892. The minimum absolute atomic E-state index is 0.0792. The molecule has 0 N–H and O–H groups in total. The van der Waals surface area contributed by atoms with E-state index in [-0.39, 0.29) is 31.1 Å². The number of carbonyl (C=O) groups is 3. The number of carbonyl (C=O) groups excluding carboxylic acids is 3. The van der Waals surface area contributed by atoms with Gasteiger partial charge in [-0.25, -0.2) is 0 Å². The molecule has 0 spiro atoms. The quantitative estimate of drug-likeness (QED) is 0.0262. The minimum atomic E-state index is -0.780. The highest BCUT2D eigenvalue weighted by Gasteiger charge is 2.19. The molecule has 63 heavy (non-hydrogen) atoms. The molecule has 0 saturated heterocycles. The SMILES string of the molecule is CC/C=C\C/C=C\C/C=C\CCCCCCCCCC(=O)OC(COC(=O)CCCCCCCCC/C=C\C/C=C\CCCCCC)COC(=O)CCCCCCCCCCCC. The maximum absolute atomic E-state index is 12.8. The molecule has 0 aliphatic heterocycles. The van der Waals surface area contributed by atoms with Crippen LogP contribution < -0.4 is 0 Å². The fourth-order valence-electron chi connectivity index (χ4n) is 7.49. The summed E-state index contributed by atoms with van der Waals surface area (Å²) >= 11 is 0. The average Bonchev–Trinajstić information content (AvgIpc) is 3.28. The Hall–Kier alpha value is -2.89. The Labute approximate surface area is 390 Å². The van der Waals surface area contributed by atoms with Gasteiger partial charge >= 0.3 is 17.9 Å². The molecule has 0 amide bonds. The zero-order valence-corrected chi connectivity index (χ0v) is 41.6. The highest BCUT2D eigenvalue weighted by molar-refractivity contribution is 5.71. The fraction of sp³-hybridized carbons (Fsp3) is 0.772. The third kappa shape index (κ3) is 50.0. The summed E-state index contributed by atoms with van der Waals surface area (Å²) in [5.41, 5.74) is 0. The molecule has 1 atom stereocenters. The van der Waals surface area contributed by atoms with Crippen molar-refractivity contribution in [2.75, 3.05) is 13.2 Å². The smallest absolute Gasteiger partial charge is 0.306 e. The molecular formula is C57H100O6. The van der Waals surface area contributed by atoms with Crippen LogP contribution in [0, 0.1) is 0 Å². The Morgan fingerprint density at radius 3 is 0.984 bits per heavy atom. The third-order valence-electron chi connectivity index (χ3n) is 11.5. The van der Waals surface area contributed by atoms with Gasteiger partial charge in [0.05, 0.1) is 0 Å². The van der Waals surface area contributed by atoms with Gasteiger partial charge in [-0.1, -0.05) is 223 Å². The fourth-order valence-corrected chi connectivity index (χ4v) is 7.49. The summed E-state index contributed by atoms with van der Waals surface area (Å²) in [6.07, 6.45) is 63.4. The van der Waals surface area contributed by atoms with Gasteiger partial charge in [-0.2, -0.15) is 0 Å². The number of ether oxygens (including phenoxy) is 3. The van der Waals surface area contributed by atoms with Crippen molar-refractivity contribution in [3.8, 4) is 0 Å². The first kappa shape index (κ1) is 60.1. The van der Waals surface area contributed by atoms with E-state index < -0.39 is 6.10 Å². The first-order valence-corrected chi connectivity index (χ1v) is 26.8. The second kappa shape index (κ2) is 51.7. The molecule has 6 heteroatoms. The van der Waals surface area contributed by atoms with Crippen LogP contribution in [0.5, 0.6) is 0 Å². The molecule has 0 heterocycles. The Morgan fingerprint density at radius 2 is 0.619 bits per heavy atom. The molecule has 0 aromatic rings. The van der Waals surface area contributed by atoms with E-state index in [2.05, 4.69) is 81.5 Å². The Morgan fingerprint density at radius 1 is 0.333 bits per heavy atom. The lowest BCUT2D eigenvalue weighted by atomic mass is 10.1. The summed E-state index contributed by atoms with van der Waals surface area (Å²) in [7, 11) is 0. The van der Waals surface area contributed by atoms with Crippen molar-refractivity contribution in [3.63, 3.8) is 0 Å². The lowest BCUT2D eigenvalue weighted by Crippen LogP contribution is -2.30. The van der Waals surface area contributed by atoms with Crippen LogP contribution in [0.4, 0.5) is 0 Å². The van der Waals surface area contributed by atoms with Gasteiger partial charge in [-0.05, 0) is 83.5 Å². The number of allylic oxidation sites excluding steroid dienone is 10.